The molecule has 3 N–H and O–H groups in total. The fraction of sp³-hybridized carbons (Fsp3) is 0.190. The van der Waals surface area contributed by atoms with Crippen molar-refractivity contribution in [2.45, 2.75) is 18.9 Å². The smallest absolute Gasteiger partial charge is 0.289 e. The number of hydrogen-bond donors (Lipinski definition) is 3. The first-order chi connectivity index (χ1) is 14.6. The number of carbonyl (C=O) groups is 2. The normalized spacial score (nSPS) is 19.7. The van der Waals surface area contributed by atoms with Crippen molar-refractivity contribution in [3.8, 4) is 0 Å². The minimum Gasteiger partial charge on any atom is -0.342 e. The first kappa shape index (κ1) is 18.0. The van der Waals surface area contributed by atoms with Gasteiger partial charge in [-0.3, -0.25) is 15.0 Å². The Morgan fingerprint density at radius 2 is 2.10 bits per heavy atom. The zero-order chi connectivity index (χ0) is 20.7. The van der Waals surface area contributed by atoms with Crippen LogP contribution in [0.4, 0.5) is 0 Å². The molecule has 0 bridgehead atoms. The molecule has 9 nitrogen and oxygen atoms in total. The van der Waals surface area contributed by atoms with E-state index in [1.165, 1.54) is 4.90 Å². The van der Waals surface area contributed by atoms with Crippen LogP contribution in [0.2, 0.25) is 0 Å². The van der Waals surface area contributed by atoms with Crippen LogP contribution in [0.3, 0.4) is 0 Å². The van der Waals surface area contributed by atoms with Crippen molar-refractivity contribution in [1.82, 2.24) is 30.8 Å². The number of allylic oxidation sites excluding steroid dienone is 2. The summed E-state index contributed by atoms with van der Waals surface area (Å²) in [5, 5.41) is 15.3. The molecule has 3 heterocycles. The number of rotatable bonds is 4. The topological polar surface area (TPSA) is 115 Å². The van der Waals surface area contributed by atoms with E-state index >= 15 is 0 Å². The lowest BCUT2D eigenvalue weighted by molar-refractivity contribution is -0.123. The molecular formula is C21H19N7O2. The number of nitrogens with zero attached hydrogens (tertiary/aromatic N) is 4. The van der Waals surface area contributed by atoms with Gasteiger partial charge in [0.1, 0.15) is 5.82 Å². The predicted molar refractivity (Wildman–Crippen MR) is 109 cm³/mol. The lowest BCUT2D eigenvalue weighted by atomic mass is 10.0. The van der Waals surface area contributed by atoms with Crippen LogP contribution in [-0.4, -0.2) is 50.7 Å². The van der Waals surface area contributed by atoms with Crippen molar-refractivity contribution >= 4 is 17.5 Å². The molecule has 2 aliphatic heterocycles. The Bertz CT molecular complexity index is 1160. The molecule has 0 saturated carbocycles. The average Bonchev–Trinajstić information content (AvgIpc) is 3.33. The molecule has 5 rings (SSSR count). The SMILES string of the molecule is CN1C=CC2=NNC=C3C[C@H](NC(=O)c4nnc(Cc5ccccc5)[nH]4)C(=C32)C1=O. The summed E-state index contributed by atoms with van der Waals surface area (Å²) in [6.07, 6.45) is 6.28. The number of aromatic nitrogens is 3. The van der Waals surface area contributed by atoms with E-state index in [0.717, 1.165) is 16.7 Å². The van der Waals surface area contributed by atoms with Gasteiger partial charge in [0.15, 0.2) is 0 Å². The average molecular weight is 401 g/mol. The second kappa shape index (κ2) is 7.11. The summed E-state index contributed by atoms with van der Waals surface area (Å²) in [6, 6.07) is 9.34. The van der Waals surface area contributed by atoms with E-state index in [4.69, 9.17) is 0 Å². The number of hydrogen-bond acceptors (Lipinski definition) is 6. The maximum Gasteiger partial charge on any atom is 0.289 e. The molecule has 0 saturated heterocycles. The van der Waals surface area contributed by atoms with Crippen LogP contribution in [0.5, 0.6) is 0 Å². The second-order valence-electron chi connectivity index (χ2n) is 7.33. The van der Waals surface area contributed by atoms with Crippen LogP contribution < -0.4 is 10.7 Å². The summed E-state index contributed by atoms with van der Waals surface area (Å²) in [5.74, 6) is 0.155. The predicted octanol–water partition coefficient (Wildman–Crippen LogP) is 1.02. The largest absolute Gasteiger partial charge is 0.342 e. The van der Waals surface area contributed by atoms with Crippen LogP contribution in [0.25, 0.3) is 0 Å². The summed E-state index contributed by atoms with van der Waals surface area (Å²) >= 11 is 0. The third-order valence-electron chi connectivity index (χ3n) is 5.32. The van der Waals surface area contributed by atoms with Gasteiger partial charge in [0.05, 0.1) is 11.8 Å². The van der Waals surface area contributed by atoms with E-state index in [9.17, 15) is 9.59 Å². The van der Waals surface area contributed by atoms with E-state index < -0.39 is 11.9 Å². The van der Waals surface area contributed by atoms with Crippen LogP contribution in [0, 0.1) is 0 Å². The molecule has 0 fully saturated rings. The summed E-state index contributed by atoms with van der Waals surface area (Å²) in [7, 11) is 1.69. The van der Waals surface area contributed by atoms with Gasteiger partial charge in [0, 0.05) is 37.0 Å². The highest BCUT2D eigenvalue weighted by atomic mass is 16.2. The van der Waals surface area contributed by atoms with E-state index in [0.29, 0.717) is 30.0 Å². The van der Waals surface area contributed by atoms with Gasteiger partial charge in [-0.05, 0) is 23.6 Å². The Kier molecular flexibility index (Phi) is 4.27. The molecule has 3 aliphatic rings. The van der Waals surface area contributed by atoms with Gasteiger partial charge < -0.3 is 15.2 Å². The fourth-order valence-electron chi connectivity index (χ4n) is 3.87. The van der Waals surface area contributed by atoms with Crippen molar-refractivity contribution in [1.29, 1.82) is 0 Å². The van der Waals surface area contributed by atoms with Gasteiger partial charge in [-0.25, -0.2) is 0 Å². The summed E-state index contributed by atoms with van der Waals surface area (Å²) < 4.78 is 0. The fourth-order valence-corrected chi connectivity index (χ4v) is 3.87. The summed E-state index contributed by atoms with van der Waals surface area (Å²) in [5.41, 5.74) is 6.88. The highest BCUT2D eigenvalue weighted by Crippen LogP contribution is 2.36. The minimum absolute atomic E-state index is 0.120. The summed E-state index contributed by atoms with van der Waals surface area (Å²) in [6.45, 7) is 0. The van der Waals surface area contributed by atoms with Crippen LogP contribution in [-0.2, 0) is 11.2 Å². The Balaban J connectivity index is 1.37. The lowest BCUT2D eigenvalue weighted by Gasteiger charge is -2.18. The molecule has 2 aromatic rings. The zero-order valence-corrected chi connectivity index (χ0v) is 16.2. The highest BCUT2D eigenvalue weighted by molar-refractivity contribution is 6.19. The number of aromatic amines is 1. The van der Waals surface area contributed by atoms with Gasteiger partial charge in [0.2, 0.25) is 5.82 Å². The maximum atomic E-state index is 12.9. The summed E-state index contributed by atoms with van der Waals surface area (Å²) in [4.78, 5) is 30.2. The number of carbonyl (C=O) groups excluding carboxylic acids is 2. The molecule has 0 unspecified atom stereocenters. The number of hydrazone groups is 1. The molecule has 0 radical (unpaired) electrons. The quantitative estimate of drug-likeness (QED) is 0.708. The third-order valence-corrected chi connectivity index (χ3v) is 5.32. The minimum atomic E-state index is -0.471. The molecule has 30 heavy (non-hydrogen) atoms. The van der Waals surface area contributed by atoms with Gasteiger partial charge >= 0.3 is 0 Å². The molecule has 150 valence electrons. The lowest BCUT2D eigenvalue weighted by Crippen LogP contribution is -2.39. The van der Waals surface area contributed by atoms with Gasteiger partial charge in [-0.1, -0.05) is 30.3 Å². The molecule has 9 heteroatoms. The highest BCUT2D eigenvalue weighted by Gasteiger charge is 2.40. The standard InChI is InChI=1S/C21H19N7O2/c1-28-8-7-14-17-13(11-22-25-14)10-15(18(17)21(28)30)23-20(29)19-24-16(26-27-19)9-12-5-3-2-4-6-12/h2-8,11,15,22H,9-10H2,1H3,(H,23,29)(H,24,26,27)/t15-/m0/s1. The Morgan fingerprint density at radius 1 is 1.27 bits per heavy atom. The third kappa shape index (κ3) is 3.10. The van der Waals surface area contributed by atoms with Crippen molar-refractivity contribution in [2.75, 3.05) is 7.05 Å². The van der Waals surface area contributed by atoms with Gasteiger partial charge in [0.25, 0.3) is 11.8 Å². The van der Waals surface area contributed by atoms with Crippen molar-refractivity contribution in [3.05, 3.63) is 82.7 Å². The van der Waals surface area contributed by atoms with Crippen LogP contribution in [0.15, 0.2) is 70.6 Å². The Labute approximate surface area is 172 Å². The van der Waals surface area contributed by atoms with Gasteiger partial charge in [-0.2, -0.15) is 5.10 Å². The number of nitrogens with one attached hydrogen (secondary N) is 3. The molecule has 0 spiro atoms. The molecule has 1 aromatic heterocycles. The monoisotopic (exact) mass is 401 g/mol. The van der Waals surface area contributed by atoms with Crippen LogP contribution in [0.1, 0.15) is 28.4 Å². The van der Waals surface area contributed by atoms with E-state index in [2.05, 4.69) is 31.0 Å². The molecule has 1 aromatic carbocycles. The maximum absolute atomic E-state index is 12.9. The van der Waals surface area contributed by atoms with E-state index in [1.807, 2.05) is 30.3 Å². The number of H-pyrrole nitrogens is 1. The Morgan fingerprint density at radius 3 is 2.93 bits per heavy atom. The van der Waals surface area contributed by atoms with E-state index in [-0.39, 0.29) is 11.7 Å². The van der Waals surface area contributed by atoms with E-state index in [1.54, 1.807) is 25.5 Å². The first-order valence-corrected chi connectivity index (χ1v) is 9.59. The van der Waals surface area contributed by atoms with Gasteiger partial charge in [-0.15, -0.1) is 10.2 Å². The molecular weight excluding hydrogens is 382 g/mol. The molecule has 2 amide bonds. The Hall–Kier alpha value is -4.01. The zero-order valence-electron chi connectivity index (χ0n) is 16.2. The van der Waals surface area contributed by atoms with Crippen molar-refractivity contribution < 1.29 is 9.59 Å². The van der Waals surface area contributed by atoms with Crippen molar-refractivity contribution in [3.63, 3.8) is 0 Å². The molecule has 1 aliphatic carbocycles. The number of benzene rings is 1. The first-order valence-electron chi connectivity index (χ1n) is 9.59. The number of likely N-dealkylation sites (N-methyl/N-ethyl adjacent to an activating group) is 1. The van der Waals surface area contributed by atoms with Crippen LogP contribution >= 0.6 is 0 Å². The van der Waals surface area contributed by atoms with Crippen molar-refractivity contribution in [2.24, 2.45) is 5.10 Å². The second-order valence-corrected chi connectivity index (χ2v) is 7.33. The molecule has 1 atom stereocenters. The number of amides is 2.